The number of aromatic carboxylic acids is 1. The lowest BCUT2D eigenvalue weighted by Crippen LogP contribution is -2.13. The molecule has 1 aromatic heterocycles. The number of hydrogen-bond donors (Lipinski definition) is 1. The molecule has 2 rings (SSSR count). The number of carboxylic acids is 1. The third-order valence-corrected chi connectivity index (χ3v) is 2.93. The second-order valence-corrected chi connectivity index (χ2v) is 4.13. The molecule has 0 aromatic carbocycles. The van der Waals surface area contributed by atoms with Gasteiger partial charge in [-0.1, -0.05) is 0 Å². The monoisotopic (exact) mass is 209 g/mol. The highest BCUT2D eigenvalue weighted by atomic mass is 16.4. The summed E-state index contributed by atoms with van der Waals surface area (Å²) in [5.41, 5.74) is 1.17. The van der Waals surface area contributed by atoms with Crippen LogP contribution in [0.5, 0.6) is 0 Å². The van der Waals surface area contributed by atoms with Crippen molar-refractivity contribution in [1.82, 2.24) is 14.7 Å². The van der Waals surface area contributed by atoms with Crippen LogP contribution in [0.4, 0.5) is 0 Å². The Labute approximate surface area is 88.3 Å². The maximum absolute atomic E-state index is 10.8. The molecule has 1 atom stereocenters. The summed E-state index contributed by atoms with van der Waals surface area (Å²) in [7, 11) is 3.74. The molecule has 2 heterocycles. The lowest BCUT2D eigenvalue weighted by atomic mass is 10.1. The van der Waals surface area contributed by atoms with E-state index in [1.807, 2.05) is 0 Å². The average Bonchev–Trinajstić information content (AvgIpc) is 2.71. The van der Waals surface area contributed by atoms with Gasteiger partial charge in [-0.05, 0) is 26.1 Å². The smallest absolute Gasteiger partial charge is 0.354 e. The van der Waals surface area contributed by atoms with E-state index < -0.39 is 5.97 Å². The van der Waals surface area contributed by atoms with Crippen LogP contribution in [0.25, 0.3) is 0 Å². The van der Waals surface area contributed by atoms with Crippen LogP contribution < -0.4 is 0 Å². The van der Waals surface area contributed by atoms with Gasteiger partial charge in [-0.3, -0.25) is 4.68 Å². The number of carboxylic acid groups (broad SMARTS) is 1. The van der Waals surface area contributed by atoms with Gasteiger partial charge in [0.25, 0.3) is 0 Å². The Bertz CT molecular complexity index is 386. The molecule has 0 saturated carbocycles. The van der Waals surface area contributed by atoms with Gasteiger partial charge < -0.3 is 10.0 Å². The quantitative estimate of drug-likeness (QED) is 0.772. The second-order valence-electron chi connectivity index (χ2n) is 4.13. The molecule has 0 amide bonds. The fourth-order valence-electron chi connectivity index (χ4n) is 2.07. The van der Waals surface area contributed by atoms with Crippen LogP contribution in [0.1, 0.15) is 28.5 Å². The van der Waals surface area contributed by atoms with Crippen LogP contribution in [0.3, 0.4) is 0 Å². The first-order chi connectivity index (χ1) is 7.08. The van der Waals surface area contributed by atoms with E-state index in [0.717, 1.165) is 25.2 Å². The number of rotatable bonds is 2. The van der Waals surface area contributed by atoms with Gasteiger partial charge in [-0.25, -0.2) is 4.79 Å². The summed E-state index contributed by atoms with van der Waals surface area (Å²) >= 11 is 0. The van der Waals surface area contributed by atoms with Gasteiger partial charge in [0.15, 0.2) is 0 Å². The van der Waals surface area contributed by atoms with Crippen molar-refractivity contribution in [1.29, 1.82) is 0 Å². The SMILES string of the molecule is CN1CCC(c2cc(C(=O)O)n(C)n2)C1. The van der Waals surface area contributed by atoms with E-state index in [1.165, 1.54) is 4.68 Å². The Morgan fingerprint density at radius 3 is 2.80 bits per heavy atom. The Morgan fingerprint density at radius 1 is 1.60 bits per heavy atom. The van der Waals surface area contributed by atoms with Gasteiger partial charge >= 0.3 is 5.97 Å². The molecule has 1 unspecified atom stereocenters. The summed E-state index contributed by atoms with van der Waals surface area (Å²) in [6.45, 7) is 2.03. The number of likely N-dealkylation sites (N-methyl/N-ethyl adjacent to an activating group) is 1. The van der Waals surface area contributed by atoms with E-state index in [0.29, 0.717) is 5.92 Å². The minimum atomic E-state index is -0.914. The maximum Gasteiger partial charge on any atom is 0.354 e. The number of likely N-dealkylation sites (tertiary alicyclic amines) is 1. The Balaban J connectivity index is 2.23. The molecule has 0 bridgehead atoms. The number of hydrogen-bond acceptors (Lipinski definition) is 3. The van der Waals surface area contributed by atoms with Crippen LogP contribution in [-0.4, -0.2) is 45.9 Å². The van der Waals surface area contributed by atoms with Crippen molar-refractivity contribution in [3.8, 4) is 0 Å². The van der Waals surface area contributed by atoms with E-state index in [2.05, 4.69) is 17.0 Å². The predicted molar refractivity (Wildman–Crippen MR) is 55.0 cm³/mol. The normalized spacial score (nSPS) is 22.1. The first-order valence-electron chi connectivity index (χ1n) is 5.03. The Morgan fingerprint density at radius 2 is 2.33 bits per heavy atom. The largest absolute Gasteiger partial charge is 0.477 e. The predicted octanol–water partition coefficient (Wildman–Crippen LogP) is 0.537. The summed E-state index contributed by atoms with van der Waals surface area (Å²) in [5.74, 6) is -0.531. The van der Waals surface area contributed by atoms with E-state index in [-0.39, 0.29) is 5.69 Å². The summed E-state index contributed by atoms with van der Waals surface area (Å²) in [6, 6.07) is 1.69. The molecule has 1 saturated heterocycles. The van der Waals surface area contributed by atoms with Gasteiger partial charge in [0, 0.05) is 19.5 Å². The summed E-state index contributed by atoms with van der Waals surface area (Å²) in [6.07, 6.45) is 1.06. The van der Waals surface area contributed by atoms with Crippen LogP contribution in [-0.2, 0) is 7.05 Å². The third kappa shape index (κ3) is 1.87. The first kappa shape index (κ1) is 10.2. The molecule has 1 N–H and O–H groups in total. The van der Waals surface area contributed by atoms with Crippen molar-refractivity contribution >= 4 is 5.97 Å². The topological polar surface area (TPSA) is 58.4 Å². The highest BCUT2D eigenvalue weighted by molar-refractivity contribution is 5.85. The molecule has 0 spiro atoms. The lowest BCUT2D eigenvalue weighted by molar-refractivity contribution is 0.0685. The summed E-state index contributed by atoms with van der Waals surface area (Å²) in [5, 5.41) is 13.2. The first-order valence-corrected chi connectivity index (χ1v) is 5.03. The van der Waals surface area contributed by atoms with Gasteiger partial charge in [0.2, 0.25) is 0 Å². The fraction of sp³-hybridized carbons (Fsp3) is 0.600. The lowest BCUT2D eigenvalue weighted by Gasteiger charge is -2.06. The van der Waals surface area contributed by atoms with E-state index in [4.69, 9.17) is 5.11 Å². The Kier molecular flexibility index (Phi) is 2.48. The average molecular weight is 209 g/mol. The molecular weight excluding hydrogens is 194 g/mol. The molecule has 5 heteroatoms. The van der Waals surface area contributed by atoms with Crippen LogP contribution in [0, 0.1) is 0 Å². The van der Waals surface area contributed by atoms with E-state index in [9.17, 15) is 4.79 Å². The van der Waals surface area contributed by atoms with Crippen molar-refractivity contribution in [3.05, 3.63) is 17.5 Å². The van der Waals surface area contributed by atoms with Crippen molar-refractivity contribution < 1.29 is 9.90 Å². The zero-order valence-electron chi connectivity index (χ0n) is 8.97. The molecule has 1 aromatic rings. The zero-order valence-corrected chi connectivity index (χ0v) is 8.97. The van der Waals surface area contributed by atoms with Gasteiger partial charge in [0.1, 0.15) is 5.69 Å². The van der Waals surface area contributed by atoms with Crippen molar-refractivity contribution in [2.24, 2.45) is 7.05 Å². The van der Waals surface area contributed by atoms with Crippen LogP contribution in [0.2, 0.25) is 0 Å². The molecule has 5 nitrogen and oxygen atoms in total. The molecule has 1 fully saturated rings. The molecule has 0 radical (unpaired) electrons. The Hall–Kier alpha value is -1.36. The highest BCUT2D eigenvalue weighted by Gasteiger charge is 2.25. The molecule has 82 valence electrons. The molecule has 1 aliphatic heterocycles. The third-order valence-electron chi connectivity index (χ3n) is 2.93. The van der Waals surface area contributed by atoms with E-state index in [1.54, 1.807) is 13.1 Å². The standard InChI is InChI=1S/C10H15N3O2/c1-12-4-3-7(6-12)8-5-9(10(14)15)13(2)11-8/h5,7H,3-4,6H2,1-2H3,(H,14,15). The van der Waals surface area contributed by atoms with Crippen LogP contribution >= 0.6 is 0 Å². The molecule has 1 aliphatic rings. The van der Waals surface area contributed by atoms with Crippen LogP contribution in [0.15, 0.2) is 6.07 Å². The molecular formula is C10H15N3O2. The van der Waals surface area contributed by atoms with Gasteiger partial charge in [-0.2, -0.15) is 5.10 Å². The van der Waals surface area contributed by atoms with E-state index >= 15 is 0 Å². The summed E-state index contributed by atoms with van der Waals surface area (Å²) in [4.78, 5) is 13.1. The zero-order chi connectivity index (χ0) is 11.0. The highest BCUT2D eigenvalue weighted by Crippen LogP contribution is 2.25. The van der Waals surface area contributed by atoms with Crippen molar-refractivity contribution in [2.45, 2.75) is 12.3 Å². The number of nitrogens with zero attached hydrogens (tertiary/aromatic N) is 3. The molecule has 15 heavy (non-hydrogen) atoms. The fourth-order valence-corrected chi connectivity index (χ4v) is 2.07. The number of aryl methyl sites for hydroxylation is 1. The van der Waals surface area contributed by atoms with Crippen molar-refractivity contribution in [2.75, 3.05) is 20.1 Å². The van der Waals surface area contributed by atoms with Gasteiger partial charge in [0.05, 0.1) is 5.69 Å². The molecule has 0 aliphatic carbocycles. The second kappa shape index (κ2) is 3.66. The maximum atomic E-state index is 10.8. The minimum Gasteiger partial charge on any atom is -0.477 e. The number of aromatic nitrogens is 2. The van der Waals surface area contributed by atoms with Crippen molar-refractivity contribution in [3.63, 3.8) is 0 Å². The van der Waals surface area contributed by atoms with Gasteiger partial charge in [-0.15, -0.1) is 0 Å². The minimum absolute atomic E-state index is 0.263. The summed E-state index contributed by atoms with van der Waals surface area (Å²) < 4.78 is 1.44. The number of carbonyl (C=O) groups is 1.